The van der Waals surface area contributed by atoms with Crippen LogP contribution in [-0.2, 0) is 4.74 Å². The number of hydrazine groups is 1. The van der Waals surface area contributed by atoms with Gasteiger partial charge in [-0.2, -0.15) is 4.98 Å². The first kappa shape index (κ1) is 21.8. The van der Waals surface area contributed by atoms with Crippen molar-refractivity contribution in [3.8, 4) is 0 Å². The fourth-order valence-electron chi connectivity index (χ4n) is 3.78. The predicted molar refractivity (Wildman–Crippen MR) is 121 cm³/mol. The molecule has 3 aromatic rings. The minimum Gasteiger partial charge on any atom is -0.462 e. The van der Waals surface area contributed by atoms with E-state index < -0.39 is 11.5 Å². The van der Waals surface area contributed by atoms with Gasteiger partial charge >= 0.3 is 5.97 Å². The summed E-state index contributed by atoms with van der Waals surface area (Å²) in [6, 6.07) is 5.11. The number of hydrogen-bond acceptors (Lipinski definition) is 9. The third-order valence-corrected chi connectivity index (χ3v) is 5.23. The first-order valence-electron chi connectivity index (χ1n) is 10.8. The van der Waals surface area contributed by atoms with E-state index in [1.54, 1.807) is 25.5 Å². The number of ether oxygens (including phenoxy) is 1. The van der Waals surface area contributed by atoms with Crippen LogP contribution in [0.5, 0.6) is 0 Å². The standard InChI is InChI=1S/C22H27N7O3/c1-4-32-21(31)18-12-16-13-25-22(26-19(16)28(15(2)3)20(18)30)29(17-6-5-7-24-14-17)27-10-8-23-9-11-27/h5-7,12-15,23H,4,8-11H2,1-3H3. The second-order valence-electron chi connectivity index (χ2n) is 7.72. The van der Waals surface area contributed by atoms with Crippen LogP contribution in [0, 0.1) is 0 Å². The van der Waals surface area contributed by atoms with Crippen LogP contribution in [0.1, 0.15) is 37.2 Å². The Morgan fingerprint density at radius 1 is 1.28 bits per heavy atom. The highest BCUT2D eigenvalue weighted by Crippen LogP contribution is 2.26. The molecule has 4 heterocycles. The Hall–Kier alpha value is -3.37. The number of fused-ring (bicyclic) bond motifs is 1. The molecule has 1 aliphatic rings. The smallest absolute Gasteiger partial charge is 0.343 e. The summed E-state index contributed by atoms with van der Waals surface area (Å²) in [5, 5.41) is 8.03. The van der Waals surface area contributed by atoms with Gasteiger partial charge in [-0.25, -0.2) is 19.8 Å². The van der Waals surface area contributed by atoms with E-state index in [1.807, 2.05) is 31.0 Å². The number of rotatable bonds is 6. The number of nitrogens with one attached hydrogen (secondary N) is 1. The van der Waals surface area contributed by atoms with Crippen LogP contribution in [0.3, 0.4) is 0 Å². The molecule has 4 rings (SSSR count). The number of carbonyl (C=O) groups is 1. The van der Waals surface area contributed by atoms with Crippen molar-refractivity contribution in [1.82, 2.24) is 29.8 Å². The van der Waals surface area contributed by atoms with Gasteiger partial charge in [0.2, 0.25) is 5.95 Å². The average molecular weight is 438 g/mol. The molecule has 1 saturated heterocycles. The normalized spacial score (nSPS) is 14.6. The minimum atomic E-state index is -0.643. The highest BCUT2D eigenvalue weighted by atomic mass is 16.5. The number of anilines is 2. The van der Waals surface area contributed by atoms with Crippen LogP contribution in [-0.4, -0.2) is 63.3 Å². The van der Waals surface area contributed by atoms with Gasteiger partial charge in [-0.15, -0.1) is 0 Å². The van der Waals surface area contributed by atoms with Crippen LogP contribution in [0.15, 0.2) is 41.6 Å². The lowest BCUT2D eigenvalue weighted by Gasteiger charge is -2.37. The van der Waals surface area contributed by atoms with Crippen molar-refractivity contribution in [3.63, 3.8) is 0 Å². The first-order chi connectivity index (χ1) is 15.5. The van der Waals surface area contributed by atoms with Gasteiger partial charge in [0.15, 0.2) is 0 Å². The molecule has 0 bridgehead atoms. The molecule has 10 nitrogen and oxygen atoms in total. The fraction of sp³-hybridized carbons (Fsp3) is 0.409. The van der Waals surface area contributed by atoms with Crippen molar-refractivity contribution < 1.29 is 9.53 Å². The van der Waals surface area contributed by atoms with Crippen LogP contribution in [0.25, 0.3) is 11.0 Å². The predicted octanol–water partition coefficient (Wildman–Crippen LogP) is 1.90. The maximum atomic E-state index is 13.2. The lowest BCUT2D eigenvalue weighted by Crippen LogP contribution is -2.51. The van der Waals surface area contributed by atoms with Crippen molar-refractivity contribution in [1.29, 1.82) is 0 Å². The van der Waals surface area contributed by atoms with E-state index >= 15 is 0 Å². The molecule has 1 aliphatic heterocycles. The van der Waals surface area contributed by atoms with Gasteiger partial charge in [-0.05, 0) is 39.0 Å². The quantitative estimate of drug-likeness (QED) is 0.579. The largest absolute Gasteiger partial charge is 0.462 e. The summed E-state index contributed by atoms with van der Waals surface area (Å²) in [5.74, 6) is -0.208. The third-order valence-electron chi connectivity index (χ3n) is 5.23. The van der Waals surface area contributed by atoms with E-state index in [9.17, 15) is 9.59 Å². The summed E-state index contributed by atoms with van der Waals surface area (Å²) in [6.45, 7) is 8.88. The first-order valence-corrected chi connectivity index (χ1v) is 10.8. The molecule has 0 aromatic carbocycles. The summed E-state index contributed by atoms with van der Waals surface area (Å²) in [6.07, 6.45) is 5.12. The van der Waals surface area contributed by atoms with E-state index in [-0.39, 0.29) is 18.2 Å². The Labute approximate surface area is 185 Å². The molecular formula is C22H27N7O3. The van der Waals surface area contributed by atoms with Crippen LogP contribution < -0.4 is 15.9 Å². The van der Waals surface area contributed by atoms with Gasteiger partial charge in [0.05, 0.1) is 18.5 Å². The van der Waals surface area contributed by atoms with Crippen molar-refractivity contribution in [2.75, 3.05) is 37.8 Å². The molecule has 1 fully saturated rings. The average Bonchev–Trinajstić information content (AvgIpc) is 2.80. The van der Waals surface area contributed by atoms with E-state index in [1.165, 1.54) is 10.6 Å². The van der Waals surface area contributed by atoms with Crippen LogP contribution >= 0.6 is 0 Å². The molecule has 3 aromatic heterocycles. The molecule has 0 atom stereocenters. The zero-order valence-electron chi connectivity index (χ0n) is 18.5. The number of pyridine rings is 2. The van der Waals surface area contributed by atoms with E-state index in [0.717, 1.165) is 31.9 Å². The summed E-state index contributed by atoms with van der Waals surface area (Å²) >= 11 is 0. The zero-order chi connectivity index (χ0) is 22.7. The summed E-state index contributed by atoms with van der Waals surface area (Å²) in [7, 11) is 0. The molecule has 1 N–H and O–H groups in total. The second kappa shape index (κ2) is 9.41. The van der Waals surface area contributed by atoms with Gasteiger partial charge in [0, 0.05) is 50.0 Å². The molecule has 0 radical (unpaired) electrons. The molecular weight excluding hydrogens is 410 g/mol. The van der Waals surface area contributed by atoms with Crippen LogP contribution in [0.2, 0.25) is 0 Å². The van der Waals surface area contributed by atoms with Gasteiger partial charge in [-0.1, -0.05) is 0 Å². The summed E-state index contributed by atoms with van der Waals surface area (Å²) < 4.78 is 6.59. The Kier molecular flexibility index (Phi) is 6.42. The second-order valence-corrected chi connectivity index (χ2v) is 7.72. The lowest BCUT2D eigenvalue weighted by atomic mass is 10.2. The van der Waals surface area contributed by atoms with Gasteiger partial charge in [0.1, 0.15) is 11.2 Å². The maximum Gasteiger partial charge on any atom is 0.343 e. The monoisotopic (exact) mass is 437 g/mol. The highest BCUT2D eigenvalue weighted by molar-refractivity contribution is 5.93. The summed E-state index contributed by atoms with van der Waals surface area (Å²) in [5.41, 5.74) is 0.851. The number of carbonyl (C=O) groups excluding carboxylic acids is 1. The van der Waals surface area contributed by atoms with E-state index in [0.29, 0.717) is 17.0 Å². The molecule has 0 aliphatic carbocycles. The van der Waals surface area contributed by atoms with E-state index in [2.05, 4.69) is 20.3 Å². The van der Waals surface area contributed by atoms with Crippen molar-refractivity contribution in [3.05, 3.63) is 52.7 Å². The summed E-state index contributed by atoms with van der Waals surface area (Å²) in [4.78, 5) is 39.1. The Balaban J connectivity index is 1.89. The molecule has 0 saturated carbocycles. The molecule has 32 heavy (non-hydrogen) atoms. The lowest BCUT2D eigenvalue weighted by molar-refractivity contribution is 0.0523. The number of piperazine rings is 1. The Bertz CT molecular complexity index is 1160. The topological polar surface area (TPSA) is 105 Å². The number of hydrogen-bond donors (Lipinski definition) is 1. The zero-order valence-corrected chi connectivity index (χ0v) is 18.5. The van der Waals surface area contributed by atoms with Crippen LogP contribution in [0.4, 0.5) is 11.6 Å². The highest BCUT2D eigenvalue weighted by Gasteiger charge is 2.25. The van der Waals surface area contributed by atoms with Gasteiger partial charge in [0.25, 0.3) is 5.56 Å². The van der Waals surface area contributed by atoms with E-state index in [4.69, 9.17) is 9.72 Å². The van der Waals surface area contributed by atoms with Gasteiger partial charge < -0.3 is 10.1 Å². The van der Waals surface area contributed by atoms with Crippen molar-refractivity contribution in [2.45, 2.75) is 26.8 Å². The van der Waals surface area contributed by atoms with Crippen molar-refractivity contribution in [2.24, 2.45) is 0 Å². The number of aromatic nitrogens is 4. The molecule has 0 spiro atoms. The third kappa shape index (κ3) is 4.19. The number of esters is 1. The minimum absolute atomic E-state index is 0.0179. The Morgan fingerprint density at radius 2 is 2.06 bits per heavy atom. The number of nitrogens with zero attached hydrogens (tertiary/aromatic N) is 6. The van der Waals surface area contributed by atoms with Gasteiger partial charge in [-0.3, -0.25) is 14.3 Å². The maximum absolute atomic E-state index is 13.2. The molecule has 0 amide bonds. The molecule has 0 unspecified atom stereocenters. The SMILES string of the molecule is CCOC(=O)c1cc2cnc(N(c3cccnc3)N3CCNCC3)nc2n(C(C)C)c1=O. The van der Waals surface area contributed by atoms with Crippen molar-refractivity contribution >= 4 is 28.6 Å². The molecule has 10 heteroatoms. The Morgan fingerprint density at radius 3 is 2.72 bits per heavy atom. The fourth-order valence-corrected chi connectivity index (χ4v) is 3.78. The molecule has 168 valence electrons.